The van der Waals surface area contributed by atoms with Gasteiger partial charge in [-0.05, 0) is 83.5 Å². The zero-order valence-electron chi connectivity index (χ0n) is 15.3. The molecule has 0 aromatic heterocycles. The molecule has 0 saturated heterocycles. The minimum Gasteiger partial charge on any atom is -0.0573 e. The first kappa shape index (κ1) is 17.7. The van der Waals surface area contributed by atoms with Gasteiger partial charge in [-0.2, -0.15) is 0 Å². The summed E-state index contributed by atoms with van der Waals surface area (Å²) in [4.78, 5) is 0. The Bertz CT molecular complexity index is 618. The summed E-state index contributed by atoms with van der Waals surface area (Å²) in [7, 11) is -0.427. The molecule has 5 radical (unpaired) electrons. The minimum absolute atomic E-state index is 0.427. The second kappa shape index (κ2) is 7.40. The Morgan fingerprint density at radius 1 is 0.625 bits per heavy atom. The van der Waals surface area contributed by atoms with Crippen molar-refractivity contribution in [2.45, 2.75) is 40.3 Å². The molecule has 0 bridgehead atoms. The molecule has 2 aromatic rings. The zero-order valence-corrected chi connectivity index (χ0v) is 16.2. The van der Waals surface area contributed by atoms with Gasteiger partial charge in [-0.25, -0.2) is 0 Å². The van der Waals surface area contributed by atoms with Gasteiger partial charge in [0, 0.05) is 0 Å². The molecular formula is C23H26P. The fourth-order valence-corrected chi connectivity index (χ4v) is 6.63. The first-order chi connectivity index (χ1) is 11.4. The van der Waals surface area contributed by atoms with E-state index < -0.39 is 7.92 Å². The van der Waals surface area contributed by atoms with E-state index in [2.05, 4.69) is 96.7 Å². The largest absolute Gasteiger partial charge is 0.0573 e. The Kier molecular flexibility index (Phi) is 5.46. The van der Waals surface area contributed by atoms with Gasteiger partial charge in [0.2, 0.25) is 0 Å². The predicted molar refractivity (Wildman–Crippen MR) is 108 cm³/mol. The molecular weight excluding hydrogens is 307 g/mol. The van der Waals surface area contributed by atoms with E-state index in [0.29, 0.717) is 5.66 Å². The second-order valence-electron chi connectivity index (χ2n) is 6.96. The molecule has 1 unspecified atom stereocenters. The van der Waals surface area contributed by atoms with Crippen LogP contribution in [0.4, 0.5) is 0 Å². The highest BCUT2D eigenvalue weighted by Gasteiger charge is 2.31. The topological polar surface area (TPSA) is 0 Å². The normalized spacial score (nSPS) is 16.8. The minimum atomic E-state index is -0.427. The van der Waals surface area contributed by atoms with Crippen LogP contribution < -0.4 is 10.6 Å². The van der Waals surface area contributed by atoms with Gasteiger partial charge in [0.15, 0.2) is 0 Å². The van der Waals surface area contributed by atoms with Crippen LogP contribution >= 0.6 is 7.92 Å². The van der Waals surface area contributed by atoms with E-state index in [0.717, 1.165) is 0 Å². The SMILES string of the molecule is Cc1cc(C)cc(P(c2cc(C)cc(C)c2)C(C)[C]2[CH][CH][CH][CH]2)c1. The summed E-state index contributed by atoms with van der Waals surface area (Å²) in [6.45, 7) is 11.2. The van der Waals surface area contributed by atoms with Crippen LogP contribution in [0.2, 0.25) is 0 Å². The fourth-order valence-electron chi connectivity index (χ4n) is 3.59. The molecule has 0 nitrogen and oxygen atoms in total. The quantitative estimate of drug-likeness (QED) is 0.679. The van der Waals surface area contributed by atoms with Crippen LogP contribution in [-0.4, -0.2) is 5.66 Å². The molecule has 1 saturated carbocycles. The van der Waals surface area contributed by atoms with E-state index in [1.807, 2.05) is 0 Å². The Hall–Kier alpha value is -1.13. The lowest BCUT2D eigenvalue weighted by Gasteiger charge is -2.30. The highest BCUT2D eigenvalue weighted by Crippen LogP contribution is 2.47. The van der Waals surface area contributed by atoms with Crippen LogP contribution in [0.1, 0.15) is 29.2 Å². The van der Waals surface area contributed by atoms with Crippen LogP contribution in [-0.2, 0) is 0 Å². The van der Waals surface area contributed by atoms with E-state index in [9.17, 15) is 0 Å². The van der Waals surface area contributed by atoms with E-state index in [1.54, 1.807) is 0 Å². The molecule has 0 heterocycles. The molecule has 123 valence electrons. The summed E-state index contributed by atoms with van der Waals surface area (Å²) in [5.74, 6) is 1.44. The molecule has 1 aliphatic carbocycles. The van der Waals surface area contributed by atoms with Crippen molar-refractivity contribution in [3.63, 3.8) is 0 Å². The molecule has 1 fully saturated rings. The van der Waals surface area contributed by atoms with Crippen LogP contribution in [0.5, 0.6) is 0 Å². The monoisotopic (exact) mass is 333 g/mol. The highest BCUT2D eigenvalue weighted by atomic mass is 31.1. The van der Waals surface area contributed by atoms with E-state index in [1.165, 1.54) is 38.8 Å². The van der Waals surface area contributed by atoms with E-state index in [4.69, 9.17) is 0 Å². The Morgan fingerprint density at radius 2 is 1.00 bits per heavy atom. The van der Waals surface area contributed by atoms with Crippen molar-refractivity contribution in [3.8, 4) is 0 Å². The van der Waals surface area contributed by atoms with Gasteiger partial charge in [0.25, 0.3) is 0 Å². The molecule has 0 amide bonds. The van der Waals surface area contributed by atoms with Crippen LogP contribution in [0.15, 0.2) is 36.4 Å². The maximum absolute atomic E-state index is 2.39. The average molecular weight is 333 g/mol. The molecule has 1 heteroatoms. The molecule has 0 aliphatic heterocycles. The third-order valence-corrected chi connectivity index (χ3v) is 7.23. The molecule has 24 heavy (non-hydrogen) atoms. The number of benzene rings is 2. The van der Waals surface area contributed by atoms with Crippen LogP contribution in [0.25, 0.3) is 0 Å². The molecule has 0 spiro atoms. The Balaban J connectivity index is 2.08. The summed E-state index contributed by atoms with van der Waals surface area (Å²) < 4.78 is 0. The van der Waals surface area contributed by atoms with Gasteiger partial charge < -0.3 is 0 Å². The summed E-state index contributed by atoms with van der Waals surface area (Å²) >= 11 is 0. The van der Waals surface area contributed by atoms with Crippen molar-refractivity contribution in [2.75, 3.05) is 0 Å². The number of rotatable bonds is 4. The fraction of sp³-hybridized carbons (Fsp3) is 0.261. The van der Waals surface area contributed by atoms with Gasteiger partial charge >= 0.3 is 0 Å². The Morgan fingerprint density at radius 3 is 1.38 bits per heavy atom. The summed E-state index contributed by atoms with van der Waals surface area (Å²) in [6.07, 6.45) is 8.85. The maximum atomic E-state index is 2.39. The molecule has 2 aromatic carbocycles. The molecule has 1 aliphatic rings. The number of hydrogen-bond donors (Lipinski definition) is 0. The lowest BCUT2D eigenvalue weighted by atomic mass is 10.1. The van der Waals surface area contributed by atoms with Gasteiger partial charge in [0.1, 0.15) is 0 Å². The van der Waals surface area contributed by atoms with Crippen molar-refractivity contribution in [1.29, 1.82) is 0 Å². The summed E-state index contributed by atoms with van der Waals surface area (Å²) in [6, 6.07) is 14.1. The zero-order chi connectivity index (χ0) is 17.3. The molecule has 0 N–H and O–H groups in total. The first-order valence-electron chi connectivity index (χ1n) is 8.61. The lowest BCUT2D eigenvalue weighted by molar-refractivity contribution is 1.02. The van der Waals surface area contributed by atoms with Crippen molar-refractivity contribution >= 4 is 18.5 Å². The van der Waals surface area contributed by atoms with Gasteiger partial charge in [-0.15, -0.1) is 0 Å². The summed E-state index contributed by atoms with van der Waals surface area (Å²) in [5.41, 5.74) is 5.94. The van der Waals surface area contributed by atoms with Crippen molar-refractivity contribution in [1.82, 2.24) is 0 Å². The third kappa shape index (κ3) is 3.92. The van der Waals surface area contributed by atoms with Crippen molar-refractivity contribution in [2.24, 2.45) is 0 Å². The predicted octanol–water partition coefficient (Wildman–Crippen LogP) is 5.15. The smallest absolute Gasteiger partial charge is 0.00891 e. The average Bonchev–Trinajstić information content (AvgIpc) is 2.99. The van der Waals surface area contributed by atoms with Gasteiger partial charge in [0.05, 0.1) is 0 Å². The van der Waals surface area contributed by atoms with Crippen LogP contribution in [0.3, 0.4) is 0 Å². The highest BCUT2D eigenvalue weighted by molar-refractivity contribution is 7.73. The second-order valence-corrected chi connectivity index (χ2v) is 9.50. The number of aryl methyl sites for hydroxylation is 4. The Labute approximate surface area is 149 Å². The van der Waals surface area contributed by atoms with E-state index in [-0.39, 0.29) is 0 Å². The molecule has 1 atom stereocenters. The first-order valence-corrected chi connectivity index (χ1v) is 10.0. The lowest BCUT2D eigenvalue weighted by Crippen LogP contribution is -2.25. The van der Waals surface area contributed by atoms with Crippen LogP contribution in [0, 0.1) is 59.3 Å². The van der Waals surface area contributed by atoms with Crippen molar-refractivity contribution < 1.29 is 0 Å². The van der Waals surface area contributed by atoms with Gasteiger partial charge in [-0.1, -0.05) is 65.6 Å². The maximum Gasteiger partial charge on any atom is -0.00891 e. The standard InChI is InChI=1S/C23H26P/c1-16-10-17(2)13-22(12-16)24(20(5)21-8-6-7-9-21)23-14-18(3)11-19(4)15-23/h6-15,20H,1-5H3. The van der Waals surface area contributed by atoms with Crippen molar-refractivity contribution in [3.05, 3.63) is 90.3 Å². The molecule has 3 rings (SSSR count). The summed E-state index contributed by atoms with van der Waals surface area (Å²) in [5, 5.41) is 2.97. The van der Waals surface area contributed by atoms with E-state index >= 15 is 0 Å². The number of hydrogen-bond acceptors (Lipinski definition) is 0. The third-order valence-electron chi connectivity index (χ3n) is 4.53. The van der Waals surface area contributed by atoms with Gasteiger partial charge in [-0.3, -0.25) is 0 Å².